The molecule has 1 unspecified atom stereocenters. The molecule has 1 atom stereocenters. The zero-order valence-electron chi connectivity index (χ0n) is 10.1. The van der Waals surface area contributed by atoms with E-state index in [1.54, 1.807) is 0 Å². The molecule has 0 aliphatic rings. The van der Waals surface area contributed by atoms with Crippen LogP contribution < -0.4 is 5.32 Å². The molecule has 0 aromatic carbocycles. The van der Waals surface area contributed by atoms with Gasteiger partial charge in [0.2, 0.25) is 0 Å². The van der Waals surface area contributed by atoms with Crippen LogP contribution in [-0.2, 0) is 4.79 Å². The Hall–Kier alpha value is -0.370. The molecule has 0 saturated heterocycles. The first-order valence-corrected chi connectivity index (χ1v) is 5.78. The standard InChI is InChI=1S/C12H25NO/c1-5-11(4)9-13-7-6-12(14)8-10(2)3/h10-11,13H,5-9H2,1-4H3. The predicted octanol–water partition coefficient (Wildman–Crippen LogP) is 2.63. The summed E-state index contributed by atoms with van der Waals surface area (Å²) in [6.45, 7) is 10.5. The van der Waals surface area contributed by atoms with Crippen LogP contribution in [0.15, 0.2) is 0 Å². The highest BCUT2D eigenvalue weighted by Crippen LogP contribution is 2.02. The van der Waals surface area contributed by atoms with E-state index >= 15 is 0 Å². The summed E-state index contributed by atoms with van der Waals surface area (Å²) >= 11 is 0. The van der Waals surface area contributed by atoms with Crippen LogP contribution >= 0.6 is 0 Å². The maximum Gasteiger partial charge on any atom is 0.134 e. The molecular weight excluding hydrogens is 174 g/mol. The van der Waals surface area contributed by atoms with Crippen LogP contribution in [-0.4, -0.2) is 18.9 Å². The highest BCUT2D eigenvalue weighted by Gasteiger charge is 2.04. The molecule has 0 rings (SSSR count). The fourth-order valence-corrected chi connectivity index (χ4v) is 1.28. The van der Waals surface area contributed by atoms with Crippen molar-refractivity contribution in [3.05, 3.63) is 0 Å². The van der Waals surface area contributed by atoms with Gasteiger partial charge < -0.3 is 5.32 Å². The van der Waals surface area contributed by atoms with Gasteiger partial charge >= 0.3 is 0 Å². The molecule has 0 fully saturated rings. The molecule has 0 aromatic rings. The summed E-state index contributed by atoms with van der Waals surface area (Å²) in [6, 6.07) is 0. The number of carbonyl (C=O) groups is 1. The number of hydrogen-bond acceptors (Lipinski definition) is 2. The van der Waals surface area contributed by atoms with Gasteiger partial charge in [-0.15, -0.1) is 0 Å². The second-order valence-corrected chi connectivity index (χ2v) is 4.60. The zero-order valence-corrected chi connectivity index (χ0v) is 10.1. The van der Waals surface area contributed by atoms with E-state index in [0.29, 0.717) is 18.1 Å². The summed E-state index contributed by atoms with van der Waals surface area (Å²) in [5, 5.41) is 3.32. The zero-order chi connectivity index (χ0) is 11.0. The van der Waals surface area contributed by atoms with Crippen molar-refractivity contribution in [1.82, 2.24) is 5.32 Å². The van der Waals surface area contributed by atoms with Gasteiger partial charge in [0.1, 0.15) is 5.78 Å². The summed E-state index contributed by atoms with van der Waals surface area (Å²) < 4.78 is 0. The Morgan fingerprint density at radius 1 is 1.29 bits per heavy atom. The quantitative estimate of drug-likeness (QED) is 0.609. The van der Waals surface area contributed by atoms with Gasteiger partial charge in [0.05, 0.1) is 0 Å². The third kappa shape index (κ3) is 8.24. The number of nitrogens with one attached hydrogen (secondary N) is 1. The van der Waals surface area contributed by atoms with Crippen molar-refractivity contribution in [2.45, 2.75) is 47.0 Å². The lowest BCUT2D eigenvalue weighted by atomic mass is 10.1. The minimum absolute atomic E-state index is 0.386. The Labute approximate surface area is 88.5 Å². The average Bonchev–Trinajstić information content (AvgIpc) is 2.10. The van der Waals surface area contributed by atoms with Crippen molar-refractivity contribution in [1.29, 1.82) is 0 Å². The highest BCUT2D eigenvalue weighted by atomic mass is 16.1. The maximum atomic E-state index is 11.3. The van der Waals surface area contributed by atoms with E-state index in [2.05, 4.69) is 33.0 Å². The van der Waals surface area contributed by atoms with Crippen molar-refractivity contribution in [3.63, 3.8) is 0 Å². The molecule has 84 valence electrons. The van der Waals surface area contributed by atoms with Crippen molar-refractivity contribution in [2.75, 3.05) is 13.1 Å². The number of ketones is 1. The van der Waals surface area contributed by atoms with E-state index < -0.39 is 0 Å². The van der Waals surface area contributed by atoms with Gasteiger partial charge in [-0.05, 0) is 18.4 Å². The van der Waals surface area contributed by atoms with Gasteiger partial charge in [0.15, 0.2) is 0 Å². The Balaban J connectivity index is 3.31. The van der Waals surface area contributed by atoms with Crippen molar-refractivity contribution < 1.29 is 4.79 Å². The van der Waals surface area contributed by atoms with Gasteiger partial charge in [-0.1, -0.05) is 34.1 Å². The van der Waals surface area contributed by atoms with Gasteiger partial charge in [-0.2, -0.15) is 0 Å². The molecule has 2 heteroatoms. The lowest BCUT2D eigenvalue weighted by Crippen LogP contribution is -2.23. The summed E-state index contributed by atoms with van der Waals surface area (Å²) in [5.41, 5.74) is 0. The molecule has 2 nitrogen and oxygen atoms in total. The molecule has 0 amide bonds. The summed E-state index contributed by atoms with van der Waals surface area (Å²) in [4.78, 5) is 11.3. The normalized spacial score (nSPS) is 13.2. The maximum absolute atomic E-state index is 11.3. The summed E-state index contributed by atoms with van der Waals surface area (Å²) in [5.74, 6) is 1.60. The second kappa shape index (κ2) is 7.98. The monoisotopic (exact) mass is 199 g/mol. The molecule has 0 aliphatic carbocycles. The Morgan fingerprint density at radius 3 is 2.43 bits per heavy atom. The van der Waals surface area contributed by atoms with Crippen LogP contribution in [0, 0.1) is 11.8 Å². The van der Waals surface area contributed by atoms with E-state index in [0.717, 1.165) is 25.4 Å². The number of hydrogen-bond donors (Lipinski definition) is 1. The largest absolute Gasteiger partial charge is 0.316 e. The Bertz CT molecular complexity index is 154. The van der Waals surface area contributed by atoms with Crippen molar-refractivity contribution >= 4 is 5.78 Å². The molecular formula is C12H25NO. The fraction of sp³-hybridized carbons (Fsp3) is 0.917. The van der Waals surface area contributed by atoms with Crippen LogP contribution in [0.1, 0.15) is 47.0 Å². The van der Waals surface area contributed by atoms with Crippen LogP contribution in [0.3, 0.4) is 0 Å². The first-order chi connectivity index (χ1) is 6.56. The molecule has 0 aliphatic heterocycles. The molecule has 0 spiro atoms. The summed E-state index contributed by atoms with van der Waals surface area (Å²) in [7, 11) is 0. The second-order valence-electron chi connectivity index (χ2n) is 4.60. The first-order valence-electron chi connectivity index (χ1n) is 5.78. The van der Waals surface area contributed by atoms with Gasteiger partial charge in [0, 0.05) is 19.4 Å². The minimum Gasteiger partial charge on any atom is -0.316 e. The third-order valence-corrected chi connectivity index (χ3v) is 2.41. The van der Waals surface area contributed by atoms with Crippen molar-refractivity contribution in [2.24, 2.45) is 11.8 Å². The Morgan fingerprint density at radius 2 is 1.93 bits per heavy atom. The Kier molecular flexibility index (Phi) is 7.77. The fourth-order valence-electron chi connectivity index (χ4n) is 1.28. The van der Waals surface area contributed by atoms with Gasteiger partial charge in [-0.25, -0.2) is 0 Å². The van der Waals surface area contributed by atoms with Gasteiger partial charge in [-0.3, -0.25) is 4.79 Å². The lowest BCUT2D eigenvalue weighted by Gasteiger charge is -2.09. The lowest BCUT2D eigenvalue weighted by molar-refractivity contribution is -0.119. The molecule has 0 heterocycles. The van der Waals surface area contributed by atoms with Crippen LogP contribution in [0.4, 0.5) is 0 Å². The molecule has 0 radical (unpaired) electrons. The summed E-state index contributed by atoms with van der Waals surface area (Å²) in [6.07, 6.45) is 2.62. The van der Waals surface area contributed by atoms with E-state index in [-0.39, 0.29) is 0 Å². The van der Waals surface area contributed by atoms with E-state index in [4.69, 9.17) is 0 Å². The van der Waals surface area contributed by atoms with Crippen LogP contribution in [0.25, 0.3) is 0 Å². The van der Waals surface area contributed by atoms with Crippen molar-refractivity contribution in [3.8, 4) is 0 Å². The number of carbonyl (C=O) groups excluding carboxylic acids is 1. The SMILES string of the molecule is CCC(C)CNCCC(=O)CC(C)C. The smallest absolute Gasteiger partial charge is 0.134 e. The molecule has 1 N–H and O–H groups in total. The average molecular weight is 199 g/mol. The number of rotatable bonds is 8. The molecule has 14 heavy (non-hydrogen) atoms. The topological polar surface area (TPSA) is 29.1 Å². The van der Waals surface area contributed by atoms with E-state index in [1.165, 1.54) is 6.42 Å². The molecule has 0 aromatic heterocycles. The first kappa shape index (κ1) is 13.6. The van der Waals surface area contributed by atoms with Gasteiger partial charge in [0.25, 0.3) is 0 Å². The van der Waals surface area contributed by atoms with Crippen LogP contribution in [0.2, 0.25) is 0 Å². The number of Topliss-reactive ketones (excluding diaryl/α,β-unsaturated/α-hetero) is 1. The van der Waals surface area contributed by atoms with E-state index in [1.807, 2.05) is 0 Å². The van der Waals surface area contributed by atoms with Crippen LogP contribution in [0.5, 0.6) is 0 Å². The predicted molar refractivity (Wildman–Crippen MR) is 61.4 cm³/mol. The molecule has 0 bridgehead atoms. The molecule has 0 saturated carbocycles. The minimum atomic E-state index is 0.386. The highest BCUT2D eigenvalue weighted by molar-refractivity contribution is 5.78. The third-order valence-electron chi connectivity index (χ3n) is 2.41. The van der Waals surface area contributed by atoms with E-state index in [9.17, 15) is 4.79 Å².